The molecule has 0 amide bonds. The number of likely N-dealkylation sites (N-methyl/N-ethyl adjacent to an activating group) is 1. The van der Waals surface area contributed by atoms with Gasteiger partial charge in [-0.05, 0) is 17.9 Å². The molecule has 0 aliphatic carbocycles. The van der Waals surface area contributed by atoms with Gasteiger partial charge >= 0.3 is 0 Å². The number of amidine groups is 1. The molecule has 0 atom stereocenters. The molecule has 4 heteroatoms. The minimum Gasteiger partial charge on any atom is -0.356 e. The third-order valence-corrected chi connectivity index (χ3v) is 3.38. The predicted molar refractivity (Wildman–Crippen MR) is 62.8 cm³/mol. The van der Waals surface area contributed by atoms with E-state index in [0.29, 0.717) is 6.54 Å². The van der Waals surface area contributed by atoms with Crippen LogP contribution in [-0.2, 0) is 0 Å². The van der Waals surface area contributed by atoms with Crippen molar-refractivity contribution in [1.29, 1.82) is 0 Å². The highest BCUT2D eigenvalue weighted by molar-refractivity contribution is 7.12. The van der Waals surface area contributed by atoms with Crippen LogP contribution in [0.15, 0.2) is 22.5 Å². The molecular formula is C11H14N2OS. The van der Waals surface area contributed by atoms with Crippen molar-refractivity contribution in [2.24, 2.45) is 4.99 Å². The quantitative estimate of drug-likeness (QED) is 0.733. The molecule has 0 fully saturated rings. The van der Waals surface area contributed by atoms with Crippen LogP contribution in [-0.4, -0.2) is 36.7 Å². The highest BCUT2D eigenvalue weighted by Gasteiger charge is 2.15. The van der Waals surface area contributed by atoms with Crippen LogP contribution < -0.4 is 0 Å². The highest BCUT2D eigenvalue weighted by atomic mass is 32.1. The summed E-state index contributed by atoms with van der Waals surface area (Å²) in [5, 5.41) is 1.93. The molecule has 3 nitrogen and oxygen atoms in total. The predicted octanol–water partition coefficient (Wildman–Crippen LogP) is 2.05. The maximum atomic E-state index is 11.8. The van der Waals surface area contributed by atoms with Crippen molar-refractivity contribution in [3.05, 3.63) is 22.4 Å². The number of ketones is 1. The summed E-state index contributed by atoms with van der Waals surface area (Å²) in [6.45, 7) is 1.35. The number of hydrogen-bond donors (Lipinski definition) is 0. The number of Topliss-reactive ketones (excluding diaryl/α,β-unsaturated/α-hetero) is 1. The molecule has 1 aliphatic heterocycles. The van der Waals surface area contributed by atoms with Crippen LogP contribution in [0.4, 0.5) is 0 Å². The van der Waals surface area contributed by atoms with E-state index in [1.54, 1.807) is 0 Å². The van der Waals surface area contributed by atoms with Crippen molar-refractivity contribution in [2.45, 2.75) is 12.8 Å². The Balaban J connectivity index is 1.94. The third-order valence-electron chi connectivity index (χ3n) is 2.47. The first kappa shape index (κ1) is 10.4. The van der Waals surface area contributed by atoms with Crippen LogP contribution in [0.25, 0.3) is 0 Å². The van der Waals surface area contributed by atoms with Gasteiger partial charge in [-0.2, -0.15) is 0 Å². The van der Waals surface area contributed by atoms with Crippen LogP contribution in [0.1, 0.15) is 22.5 Å². The van der Waals surface area contributed by atoms with E-state index in [4.69, 9.17) is 0 Å². The zero-order valence-electron chi connectivity index (χ0n) is 8.77. The Kier molecular flexibility index (Phi) is 3.16. The second-order valence-electron chi connectivity index (χ2n) is 3.66. The van der Waals surface area contributed by atoms with Crippen LogP contribution >= 0.6 is 11.3 Å². The van der Waals surface area contributed by atoms with E-state index in [-0.39, 0.29) is 5.78 Å². The SMILES string of the molecule is CN(CC(=O)c1cccs1)C1=NCCC1. The number of carbonyl (C=O) groups excluding carboxylic acids is 1. The normalized spacial score (nSPS) is 15.1. The van der Waals surface area contributed by atoms with Gasteiger partial charge in [0.1, 0.15) is 0 Å². The van der Waals surface area contributed by atoms with Crippen LogP contribution in [0.5, 0.6) is 0 Å². The molecule has 1 aromatic heterocycles. The summed E-state index contributed by atoms with van der Waals surface area (Å²) in [5.41, 5.74) is 0. The molecule has 0 saturated carbocycles. The lowest BCUT2D eigenvalue weighted by Gasteiger charge is -2.17. The second kappa shape index (κ2) is 4.57. The monoisotopic (exact) mass is 222 g/mol. The lowest BCUT2D eigenvalue weighted by Crippen LogP contribution is -2.30. The van der Waals surface area contributed by atoms with E-state index in [0.717, 1.165) is 30.1 Å². The Morgan fingerprint density at radius 1 is 1.67 bits per heavy atom. The van der Waals surface area contributed by atoms with Gasteiger partial charge in [0.15, 0.2) is 5.78 Å². The average Bonchev–Trinajstić information content (AvgIpc) is 2.91. The van der Waals surface area contributed by atoms with E-state index in [1.165, 1.54) is 11.3 Å². The zero-order valence-corrected chi connectivity index (χ0v) is 9.59. The number of hydrogen-bond acceptors (Lipinski definition) is 4. The summed E-state index contributed by atoms with van der Waals surface area (Å²) in [4.78, 5) is 19.0. The number of carbonyl (C=O) groups is 1. The lowest BCUT2D eigenvalue weighted by atomic mass is 10.3. The molecule has 1 aromatic rings. The average molecular weight is 222 g/mol. The first-order chi connectivity index (χ1) is 7.27. The molecule has 2 heterocycles. The minimum absolute atomic E-state index is 0.183. The Morgan fingerprint density at radius 2 is 2.53 bits per heavy atom. The van der Waals surface area contributed by atoms with Crippen molar-refractivity contribution in [3.63, 3.8) is 0 Å². The van der Waals surface area contributed by atoms with Gasteiger partial charge in [0.05, 0.1) is 17.3 Å². The van der Waals surface area contributed by atoms with Crippen molar-refractivity contribution in [1.82, 2.24) is 4.90 Å². The summed E-state index contributed by atoms with van der Waals surface area (Å²) in [6, 6.07) is 3.78. The van der Waals surface area contributed by atoms with E-state index < -0.39 is 0 Å². The third kappa shape index (κ3) is 2.45. The number of aliphatic imine (C=N–C) groups is 1. The maximum absolute atomic E-state index is 11.8. The van der Waals surface area contributed by atoms with Gasteiger partial charge in [0.25, 0.3) is 0 Å². The first-order valence-electron chi connectivity index (χ1n) is 5.08. The standard InChI is InChI=1S/C11H14N2OS/c1-13(11-5-2-6-12-11)8-9(14)10-4-3-7-15-10/h3-4,7H,2,5-6,8H2,1H3. The number of rotatable bonds is 3. The molecule has 2 rings (SSSR count). The van der Waals surface area contributed by atoms with Crippen LogP contribution in [0.2, 0.25) is 0 Å². The fourth-order valence-electron chi connectivity index (χ4n) is 1.66. The van der Waals surface area contributed by atoms with Crippen molar-refractivity contribution in [2.75, 3.05) is 20.1 Å². The zero-order chi connectivity index (χ0) is 10.7. The van der Waals surface area contributed by atoms with E-state index in [2.05, 4.69) is 4.99 Å². The van der Waals surface area contributed by atoms with Gasteiger partial charge in [-0.25, -0.2) is 0 Å². The maximum Gasteiger partial charge on any atom is 0.192 e. The second-order valence-corrected chi connectivity index (χ2v) is 4.61. The number of thiophene rings is 1. The Labute approximate surface area is 93.4 Å². The molecule has 80 valence electrons. The minimum atomic E-state index is 0.183. The Morgan fingerprint density at radius 3 is 3.13 bits per heavy atom. The number of nitrogens with zero attached hydrogens (tertiary/aromatic N) is 2. The molecule has 0 aromatic carbocycles. The molecule has 1 aliphatic rings. The fraction of sp³-hybridized carbons (Fsp3) is 0.455. The summed E-state index contributed by atoms with van der Waals surface area (Å²) in [6.07, 6.45) is 2.13. The molecule has 0 N–H and O–H groups in total. The van der Waals surface area contributed by atoms with Gasteiger partial charge in [0, 0.05) is 20.0 Å². The van der Waals surface area contributed by atoms with E-state index >= 15 is 0 Å². The molecule has 15 heavy (non-hydrogen) atoms. The van der Waals surface area contributed by atoms with Gasteiger partial charge < -0.3 is 4.90 Å². The Hall–Kier alpha value is -1.16. The smallest absolute Gasteiger partial charge is 0.192 e. The molecule has 0 bridgehead atoms. The molecule has 0 spiro atoms. The van der Waals surface area contributed by atoms with Gasteiger partial charge in [-0.3, -0.25) is 9.79 Å². The van der Waals surface area contributed by atoms with E-state index in [1.807, 2.05) is 29.5 Å². The highest BCUT2D eigenvalue weighted by Crippen LogP contribution is 2.12. The van der Waals surface area contributed by atoms with Crippen LogP contribution in [0.3, 0.4) is 0 Å². The summed E-state index contributed by atoms with van der Waals surface area (Å²) >= 11 is 1.50. The molecule has 0 radical (unpaired) electrons. The molecule has 0 saturated heterocycles. The lowest BCUT2D eigenvalue weighted by molar-refractivity contribution is 0.0974. The first-order valence-corrected chi connectivity index (χ1v) is 5.96. The van der Waals surface area contributed by atoms with Crippen molar-refractivity contribution >= 4 is 23.0 Å². The fourth-order valence-corrected chi connectivity index (χ4v) is 2.31. The largest absolute Gasteiger partial charge is 0.356 e. The van der Waals surface area contributed by atoms with Crippen molar-refractivity contribution < 1.29 is 4.79 Å². The topological polar surface area (TPSA) is 32.7 Å². The van der Waals surface area contributed by atoms with Gasteiger partial charge in [0.2, 0.25) is 0 Å². The van der Waals surface area contributed by atoms with Crippen LogP contribution in [0, 0.1) is 0 Å². The van der Waals surface area contributed by atoms with E-state index in [9.17, 15) is 4.79 Å². The molecule has 0 unspecified atom stereocenters. The van der Waals surface area contributed by atoms with Crippen molar-refractivity contribution in [3.8, 4) is 0 Å². The summed E-state index contributed by atoms with van der Waals surface area (Å²) < 4.78 is 0. The summed E-state index contributed by atoms with van der Waals surface area (Å²) in [5.74, 6) is 1.25. The summed E-state index contributed by atoms with van der Waals surface area (Å²) in [7, 11) is 1.94. The van der Waals surface area contributed by atoms with Gasteiger partial charge in [-0.1, -0.05) is 6.07 Å². The van der Waals surface area contributed by atoms with Gasteiger partial charge in [-0.15, -0.1) is 11.3 Å². The molecular weight excluding hydrogens is 208 g/mol. The Bertz CT molecular complexity index is 370.